The normalized spacial score (nSPS) is 28.8. The standard InChI is InChI=1S/C16H15N3O6S2/c1-16(8-26-9-17)14(18-12(20)6-13(18)27(16)24)15(21)25-7-10-2-4-11(5-3-10)19(22)23/h2-5,13-14H,6-8H2,1H3/t13-,14-,16-,27?/m0/s1. The van der Waals surface area contributed by atoms with E-state index < -0.39 is 37.9 Å². The van der Waals surface area contributed by atoms with Gasteiger partial charge in [0, 0.05) is 17.9 Å². The maximum absolute atomic E-state index is 12.8. The van der Waals surface area contributed by atoms with E-state index in [1.807, 2.05) is 5.40 Å². The zero-order valence-corrected chi connectivity index (χ0v) is 15.8. The smallest absolute Gasteiger partial charge is 0.330 e. The molecule has 9 nitrogen and oxygen atoms in total. The second-order valence-corrected chi connectivity index (χ2v) is 9.22. The highest BCUT2D eigenvalue weighted by Crippen LogP contribution is 2.45. The van der Waals surface area contributed by atoms with Crippen LogP contribution in [0.25, 0.3) is 0 Å². The monoisotopic (exact) mass is 409 g/mol. The van der Waals surface area contributed by atoms with Crippen molar-refractivity contribution in [1.82, 2.24) is 4.90 Å². The van der Waals surface area contributed by atoms with E-state index in [-0.39, 0.29) is 30.4 Å². The van der Waals surface area contributed by atoms with Gasteiger partial charge in [0.05, 0.1) is 26.9 Å². The maximum Gasteiger partial charge on any atom is 0.330 e. The topological polar surface area (TPSA) is 131 Å². The summed E-state index contributed by atoms with van der Waals surface area (Å²) in [5, 5.41) is 20.9. The van der Waals surface area contributed by atoms with Crippen molar-refractivity contribution in [1.29, 1.82) is 5.26 Å². The van der Waals surface area contributed by atoms with Gasteiger partial charge in [-0.1, -0.05) is 0 Å². The number of ether oxygens (including phenoxy) is 1. The summed E-state index contributed by atoms with van der Waals surface area (Å²) in [6.07, 6.45) is 0.117. The van der Waals surface area contributed by atoms with Crippen molar-refractivity contribution < 1.29 is 23.5 Å². The molecular weight excluding hydrogens is 394 g/mol. The van der Waals surface area contributed by atoms with Gasteiger partial charge >= 0.3 is 5.97 Å². The molecule has 27 heavy (non-hydrogen) atoms. The van der Waals surface area contributed by atoms with Crippen molar-refractivity contribution in [2.45, 2.75) is 36.1 Å². The Bertz CT molecular complexity index is 868. The number of nitro groups is 1. The first-order valence-electron chi connectivity index (χ1n) is 7.92. The number of thiocyanates is 1. The van der Waals surface area contributed by atoms with Crippen LogP contribution >= 0.6 is 11.8 Å². The molecule has 11 heteroatoms. The van der Waals surface area contributed by atoms with E-state index in [4.69, 9.17) is 10.00 Å². The largest absolute Gasteiger partial charge is 0.459 e. The molecule has 1 amide bonds. The van der Waals surface area contributed by atoms with Crippen LogP contribution in [0.4, 0.5) is 5.69 Å². The number of nitrogens with zero attached hydrogens (tertiary/aromatic N) is 3. The fourth-order valence-electron chi connectivity index (χ4n) is 3.23. The zero-order valence-electron chi connectivity index (χ0n) is 14.2. The number of amides is 1. The molecule has 2 aliphatic heterocycles. The molecule has 0 saturated carbocycles. The van der Waals surface area contributed by atoms with E-state index in [0.29, 0.717) is 5.56 Å². The van der Waals surface area contributed by atoms with Gasteiger partial charge in [-0.05, 0) is 36.4 Å². The number of nitriles is 1. The Balaban J connectivity index is 1.75. The summed E-state index contributed by atoms with van der Waals surface area (Å²) in [4.78, 5) is 36.1. The molecule has 3 rings (SSSR count). The quantitative estimate of drug-likeness (QED) is 0.226. The van der Waals surface area contributed by atoms with Gasteiger partial charge in [0.2, 0.25) is 5.91 Å². The van der Waals surface area contributed by atoms with E-state index in [0.717, 1.165) is 11.8 Å². The van der Waals surface area contributed by atoms with E-state index in [9.17, 15) is 23.9 Å². The summed E-state index contributed by atoms with van der Waals surface area (Å²) in [7, 11) is -1.49. The highest BCUT2D eigenvalue weighted by atomic mass is 32.2. The zero-order chi connectivity index (χ0) is 19.8. The molecule has 0 spiro atoms. The molecule has 0 N–H and O–H groups in total. The molecule has 2 aliphatic rings. The number of carbonyl (C=O) groups excluding carboxylic acids is 2. The summed E-state index contributed by atoms with van der Waals surface area (Å²) >= 11 is 0.884. The Morgan fingerprint density at radius 3 is 2.74 bits per heavy atom. The van der Waals surface area contributed by atoms with Crippen LogP contribution in [0.2, 0.25) is 0 Å². The molecule has 1 unspecified atom stereocenters. The van der Waals surface area contributed by atoms with Crippen LogP contribution in [-0.4, -0.2) is 47.8 Å². The molecule has 0 radical (unpaired) electrons. The van der Waals surface area contributed by atoms with Gasteiger partial charge in [0.15, 0.2) is 0 Å². The predicted molar refractivity (Wildman–Crippen MR) is 96.5 cm³/mol. The minimum Gasteiger partial charge on any atom is -0.459 e. The van der Waals surface area contributed by atoms with Gasteiger partial charge in [-0.2, -0.15) is 5.26 Å². The van der Waals surface area contributed by atoms with Crippen LogP contribution in [-0.2, 0) is 31.7 Å². The number of hydrogen-bond donors (Lipinski definition) is 0. The lowest BCUT2D eigenvalue weighted by molar-refractivity contribution is -0.384. The fraction of sp³-hybridized carbons (Fsp3) is 0.438. The summed E-state index contributed by atoms with van der Waals surface area (Å²) in [6.45, 7) is 1.49. The number of β-lactam (4-membered cyclic amide) rings is 1. The average molecular weight is 409 g/mol. The molecule has 1 aromatic carbocycles. The summed E-state index contributed by atoms with van der Waals surface area (Å²) in [5.41, 5.74) is 0.471. The third-order valence-corrected chi connectivity index (χ3v) is 7.92. The van der Waals surface area contributed by atoms with Gasteiger partial charge in [-0.3, -0.25) is 19.1 Å². The first-order chi connectivity index (χ1) is 12.8. The highest BCUT2D eigenvalue weighted by molar-refractivity contribution is 8.04. The number of hydrogen-bond acceptors (Lipinski definition) is 8. The minimum atomic E-state index is -1.49. The van der Waals surface area contributed by atoms with E-state index in [1.165, 1.54) is 29.2 Å². The predicted octanol–water partition coefficient (Wildman–Crippen LogP) is 1.30. The Labute approximate surface area is 161 Å². The van der Waals surface area contributed by atoms with Crippen LogP contribution < -0.4 is 0 Å². The first kappa shape index (κ1) is 19.3. The average Bonchev–Trinajstić information content (AvgIpc) is 2.83. The van der Waals surface area contributed by atoms with Gasteiger partial charge in [0.1, 0.15) is 23.4 Å². The van der Waals surface area contributed by atoms with Crippen molar-refractivity contribution in [3.05, 3.63) is 39.9 Å². The third-order valence-electron chi connectivity index (χ3n) is 4.69. The second kappa shape index (κ2) is 7.28. The van der Waals surface area contributed by atoms with Gasteiger partial charge < -0.3 is 9.64 Å². The lowest BCUT2D eigenvalue weighted by Crippen LogP contribution is -2.58. The van der Waals surface area contributed by atoms with Gasteiger partial charge in [-0.15, -0.1) is 0 Å². The maximum atomic E-state index is 12.8. The van der Waals surface area contributed by atoms with Gasteiger partial charge in [-0.25, -0.2) is 4.79 Å². The number of esters is 1. The molecule has 4 atom stereocenters. The van der Waals surface area contributed by atoms with Crippen molar-refractivity contribution in [2.24, 2.45) is 0 Å². The van der Waals surface area contributed by atoms with Crippen molar-refractivity contribution >= 4 is 40.1 Å². The van der Waals surface area contributed by atoms with Crippen LogP contribution in [0.3, 0.4) is 0 Å². The van der Waals surface area contributed by atoms with Crippen molar-refractivity contribution in [3.63, 3.8) is 0 Å². The van der Waals surface area contributed by atoms with Crippen LogP contribution in [0.1, 0.15) is 18.9 Å². The number of fused-ring (bicyclic) bond motifs is 1. The molecule has 142 valence electrons. The summed E-state index contributed by atoms with van der Waals surface area (Å²) in [5.74, 6) is -0.831. The molecule has 0 aliphatic carbocycles. The number of rotatable bonds is 6. The third kappa shape index (κ3) is 3.30. The fourth-order valence-corrected chi connectivity index (χ4v) is 6.17. The molecular formula is C16H15N3O6S2. The number of nitro benzene ring substituents is 1. The Morgan fingerprint density at radius 1 is 1.52 bits per heavy atom. The number of non-ortho nitro benzene ring substituents is 1. The van der Waals surface area contributed by atoms with Crippen LogP contribution in [0.15, 0.2) is 24.3 Å². The summed E-state index contributed by atoms with van der Waals surface area (Å²) in [6, 6.07) is 4.53. The highest BCUT2D eigenvalue weighted by Gasteiger charge is 2.65. The van der Waals surface area contributed by atoms with E-state index in [2.05, 4.69) is 0 Å². The van der Waals surface area contributed by atoms with Crippen LogP contribution in [0.5, 0.6) is 0 Å². The Kier molecular flexibility index (Phi) is 5.21. The number of benzene rings is 1. The number of carbonyl (C=O) groups is 2. The second-order valence-electron chi connectivity index (χ2n) is 6.38. The number of thioether (sulfide) groups is 1. The van der Waals surface area contributed by atoms with Crippen LogP contribution in [0, 0.1) is 20.8 Å². The first-order valence-corrected chi connectivity index (χ1v) is 10.1. The SMILES string of the molecule is C[C@]1(CSC#N)[C@H](C(=O)OCc2ccc([N+](=O)[O-])cc2)N2C(=O)C[C@@H]2S1=O. The van der Waals surface area contributed by atoms with Crippen molar-refractivity contribution in [3.8, 4) is 5.40 Å². The molecule has 0 bridgehead atoms. The molecule has 1 aromatic rings. The molecule has 2 saturated heterocycles. The minimum absolute atomic E-state index is 0.0774. The molecule has 0 aromatic heterocycles. The molecule has 2 heterocycles. The summed E-state index contributed by atoms with van der Waals surface area (Å²) < 4.78 is 17.0. The molecule has 2 fully saturated rings. The lowest BCUT2D eigenvalue weighted by Gasteiger charge is -2.37. The lowest BCUT2D eigenvalue weighted by atomic mass is 9.98. The van der Waals surface area contributed by atoms with E-state index >= 15 is 0 Å². The van der Waals surface area contributed by atoms with Gasteiger partial charge in [0.25, 0.3) is 5.69 Å². The van der Waals surface area contributed by atoms with E-state index in [1.54, 1.807) is 6.92 Å². The Morgan fingerprint density at radius 2 is 2.19 bits per heavy atom. The Hall–Kier alpha value is -2.45. The van der Waals surface area contributed by atoms with Crippen molar-refractivity contribution in [2.75, 3.05) is 5.75 Å².